The minimum absolute atomic E-state index is 0.137. The van der Waals surface area contributed by atoms with Gasteiger partial charge in [-0.15, -0.1) is 0 Å². The van der Waals surface area contributed by atoms with Crippen LogP contribution in [0.3, 0.4) is 0 Å². The predicted molar refractivity (Wildman–Crippen MR) is 32.1 cm³/mol. The summed E-state index contributed by atoms with van der Waals surface area (Å²) in [6, 6.07) is 0. The first-order chi connectivity index (χ1) is 4.52. The fraction of sp³-hybridized carbons (Fsp3) is 0. The van der Waals surface area contributed by atoms with E-state index in [0.29, 0.717) is 3.97 Å². The molecule has 0 aliphatic heterocycles. The molecule has 0 saturated carbocycles. The van der Waals surface area contributed by atoms with Crippen LogP contribution in [-0.2, 0) is 10.4 Å². The molecule has 1 aromatic heterocycles. The molecule has 1 rings (SSSR count). The van der Waals surface area contributed by atoms with Gasteiger partial charge in [-0.3, -0.25) is 0 Å². The van der Waals surface area contributed by atoms with Gasteiger partial charge in [-0.05, 0) is 0 Å². The van der Waals surface area contributed by atoms with Gasteiger partial charge in [-0.2, -0.15) is 8.42 Å². The van der Waals surface area contributed by atoms with Gasteiger partial charge < -0.3 is 0 Å². The number of aromatic nitrogens is 2. The smallest absolute Gasteiger partial charge is 0.241 e. The Morgan fingerprint density at radius 3 is 2.50 bits per heavy atom. The Morgan fingerprint density at radius 2 is 2.30 bits per heavy atom. The van der Waals surface area contributed by atoms with Crippen molar-refractivity contribution in [3.63, 3.8) is 0 Å². The zero-order valence-electron chi connectivity index (χ0n) is 4.86. The Kier molecular flexibility index (Phi) is 1.47. The Labute approximate surface area is 57.7 Å². The molecule has 10 heavy (non-hydrogen) atoms. The zero-order valence-corrected chi connectivity index (χ0v) is 5.68. The van der Waals surface area contributed by atoms with Crippen LogP contribution in [0.4, 0.5) is 3.89 Å². The minimum Gasteiger partial charge on any atom is -0.241 e. The summed E-state index contributed by atoms with van der Waals surface area (Å²) in [4.78, 5) is 3.42. The van der Waals surface area contributed by atoms with E-state index in [1.807, 2.05) is 0 Å². The van der Waals surface area contributed by atoms with Crippen molar-refractivity contribution in [3.05, 3.63) is 25.1 Å². The topological polar surface area (TPSA) is 52.0 Å². The van der Waals surface area contributed by atoms with Gasteiger partial charge >= 0.3 is 10.4 Å². The molecule has 0 aliphatic rings. The number of halogens is 1. The summed E-state index contributed by atoms with van der Waals surface area (Å²) in [5, 5.41) is 0. The second kappa shape index (κ2) is 2.05. The Balaban J connectivity index is 3.32. The first-order valence-corrected chi connectivity index (χ1v) is 3.66. The summed E-state index contributed by atoms with van der Waals surface area (Å²) in [6.07, 6.45) is 2.14. The van der Waals surface area contributed by atoms with Crippen molar-refractivity contribution in [2.24, 2.45) is 0 Å². The normalized spacial score (nSPS) is 11.8. The average molecular weight is 163 g/mol. The lowest BCUT2D eigenvalue weighted by Crippen LogP contribution is -2.06. The summed E-state index contributed by atoms with van der Waals surface area (Å²) in [5.74, 6) is -0.137. The van der Waals surface area contributed by atoms with Crippen molar-refractivity contribution >= 4 is 10.4 Å². The molecule has 1 radical (unpaired) electrons. The molecule has 0 unspecified atom stereocenters. The van der Waals surface area contributed by atoms with Crippen molar-refractivity contribution in [3.8, 4) is 0 Å². The molecule has 0 N–H and O–H groups in total. The van der Waals surface area contributed by atoms with Gasteiger partial charge in [-0.1, -0.05) is 3.89 Å². The van der Waals surface area contributed by atoms with Crippen molar-refractivity contribution in [2.45, 2.75) is 0 Å². The Hall–Kier alpha value is -0.910. The predicted octanol–water partition coefficient (Wildman–Crippen LogP) is 0.128. The highest BCUT2D eigenvalue weighted by molar-refractivity contribution is 7.84. The second-order valence-corrected chi connectivity index (χ2v) is 2.80. The third-order valence-corrected chi connectivity index (χ3v) is 1.72. The van der Waals surface area contributed by atoms with E-state index in [-0.39, 0.29) is 5.82 Å². The van der Waals surface area contributed by atoms with E-state index in [0.717, 1.165) is 12.4 Å². The van der Waals surface area contributed by atoms with E-state index >= 15 is 0 Å². The lowest BCUT2D eigenvalue weighted by Gasteiger charge is -1.93. The van der Waals surface area contributed by atoms with Gasteiger partial charge in [0.05, 0.1) is 0 Å². The quantitative estimate of drug-likeness (QED) is 0.553. The van der Waals surface area contributed by atoms with Crippen LogP contribution in [0, 0.1) is 6.92 Å². The average Bonchev–Trinajstić information content (AvgIpc) is 2.11. The molecule has 0 fully saturated rings. The molecule has 0 aliphatic carbocycles. The Morgan fingerprint density at radius 1 is 1.70 bits per heavy atom. The van der Waals surface area contributed by atoms with Gasteiger partial charge in [-0.25, -0.2) is 8.96 Å². The lowest BCUT2D eigenvalue weighted by molar-refractivity contribution is 0.540. The van der Waals surface area contributed by atoms with Crippen LogP contribution in [0.25, 0.3) is 0 Å². The summed E-state index contributed by atoms with van der Waals surface area (Å²) >= 11 is 0. The minimum atomic E-state index is -4.70. The monoisotopic (exact) mass is 163 g/mol. The van der Waals surface area contributed by atoms with E-state index in [4.69, 9.17) is 0 Å². The molecule has 0 spiro atoms. The van der Waals surface area contributed by atoms with Crippen molar-refractivity contribution in [1.29, 1.82) is 0 Å². The van der Waals surface area contributed by atoms with Gasteiger partial charge in [0.15, 0.2) is 0 Å². The molecule has 1 heterocycles. The van der Waals surface area contributed by atoms with Crippen molar-refractivity contribution in [1.82, 2.24) is 8.96 Å². The molecule has 0 aromatic carbocycles. The summed E-state index contributed by atoms with van der Waals surface area (Å²) < 4.78 is 32.7. The fourth-order valence-electron chi connectivity index (χ4n) is 0.521. The summed E-state index contributed by atoms with van der Waals surface area (Å²) in [6.45, 7) is 3.18. The fourth-order valence-corrected chi connectivity index (χ4v) is 1.02. The standard InChI is InChI=1S/C4H4FN2O2S/c1-4-6-2-3-7(4)10(5,8)9/h2-3H,1H2. The van der Waals surface area contributed by atoms with Crippen LogP contribution in [0.2, 0.25) is 0 Å². The maximum atomic E-state index is 12.1. The van der Waals surface area contributed by atoms with Gasteiger partial charge in [0, 0.05) is 19.3 Å². The summed E-state index contributed by atoms with van der Waals surface area (Å²) in [7, 11) is -4.70. The maximum absolute atomic E-state index is 12.1. The molecular formula is C4H4FN2O2S. The number of nitrogens with zero attached hydrogens (tertiary/aromatic N) is 2. The maximum Gasteiger partial charge on any atom is 0.404 e. The number of rotatable bonds is 1. The van der Waals surface area contributed by atoms with E-state index in [9.17, 15) is 12.3 Å². The van der Waals surface area contributed by atoms with Crippen LogP contribution in [0.1, 0.15) is 5.82 Å². The third-order valence-electron chi connectivity index (χ3n) is 0.915. The highest BCUT2D eigenvalue weighted by atomic mass is 32.3. The Bertz CT molecular complexity index is 329. The highest BCUT2D eigenvalue weighted by Crippen LogP contribution is 2.01. The van der Waals surface area contributed by atoms with Crippen LogP contribution in [0.15, 0.2) is 12.4 Å². The number of hydrogen-bond donors (Lipinski definition) is 0. The first kappa shape index (κ1) is 7.20. The van der Waals surface area contributed by atoms with Gasteiger partial charge in [0.1, 0.15) is 5.82 Å². The largest absolute Gasteiger partial charge is 0.404 e. The second-order valence-electron chi connectivity index (χ2n) is 1.58. The van der Waals surface area contributed by atoms with E-state index in [2.05, 4.69) is 11.9 Å². The van der Waals surface area contributed by atoms with E-state index in [1.54, 1.807) is 0 Å². The number of imidazole rings is 1. The van der Waals surface area contributed by atoms with Crippen LogP contribution in [0.5, 0.6) is 0 Å². The van der Waals surface area contributed by atoms with Crippen molar-refractivity contribution < 1.29 is 12.3 Å². The molecule has 6 heteroatoms. The SMILES string of the molecule is [CH2]c1nccn1S(=O)(=O)F. The molecule has 55 valence electrons. The van der Waals surface area contributed by atoms with Crippen LogP contribution < -0.4 is 0 Å². The zero-order chi connectivity index (χ0) is 7.78. The molecule has 0 amide bonds. The van der Waals surface area contributed by atoms with Crippen molar-refractivity contribution in [2.75, 3.05) is 0 Å². The molecular weight excluding hydrogens is 159 g/mol. The van der Waals surface area contributed by atoms with Gasteiger partial charge in [0.25, 0.3) is 0 Å². The third kappa shape index (κ3) is 1.15. The molecule has 0 bridgehead atoms. The first-order valence-electron chi connectivity index (χ1n) is 2.32. The molecule has 1 aromatic rings. The highest BCUT2D eigenvalue weighted by Gasteiger charge is 2.11. The molecule has 4 nitrogen and oxygen atoms in total. The molecule has 0 saturated heterocycles. The van der Waals surface area contributed by atoms with E-state index < -0.39 is 10.4 Å². The van der Waals surface area contributed by atoms with E-state index in [1.165, 1.54) is 0 Å². The summed E-state index contributed by atoms with van der Waals surface area (Å²) in [5.41, 5.74) is 0. The van der Waals surface area contributed by atoms with Gasteiger partial charge in [0.2, 0.25) is 0 Å². The lowest BCUT2D eigenvalue weighted by atomic mass is 10.8. The number of hydrogen-bond acceptors (Lipinski definition) is 3. The molecule has 0 atom stereocenters. The van der Waals surface area contributed by atoms with Crippen LogP contribution in [-0.4, -0.2) is 17.4 Å². The van der Waals surface area contributed by atoms with Crippen LogP contribution >= 0.6 is 0 Å².